The van der Waals surface area contributed by atoms with Crippen molar-refractivity contribution in [1.29, 1.82) is 0 Å². The minimum atomic E-state index is -2.90. The van der Waals surface area contributed by atoms with Crippen molar-refractivity contribution < 1.29 is 18.3 Å². The van der Waals surface area contributed by atoms with Crippen LogP contribution < -0.4 is 10.1 Å². The molecule has 1 fully saturated rings. The van der Waals surface area contributed by atoms with E-state index in [1.807, 2.05) is 17.8 Å². The Kier molecular flexibility index (Phi) is 4.59. The van der Waals surface area contributed by atoms with E-state index >= 15 is 0 Å². The SMILES string of the molecule is Cc1cnn([C@H]2CCN(C(=O)Nc3ccc(OC(F)F)cn3)C2)c1. The second-order valence-corrected chi connectivity index (χ2v) is 5.57. The van der Waals surface area contributed by atoms with Crippen LogP contribution in [0.5, 0.6) is 5.75 Å². The number of rotatable bonds is 4. The fourth-order valence-corrected chi connectivity index (χ4v) is 2.59. The summed E-state index contributed by atoms with van der Waals surface area (Å²) >= 11 is 0. The van der Waals surface area contributed by atoms with Crippen LogP contribution in [-0.4, -0.2) is 45.4 Å². The summed E-state index contributed by atoms with van der Waals surface area (Å²) in [7, 11) is 0. The summed E-state index contributed by atoms with van der Waals surface area (Å²) in [6.45, 7) is 0.233. The van der Waals surface area contributed by atoms with Crippen molar-refractivity contribution in [3.63, 3.8) is 0 Å². The van der Waals surface area contributed by atoms with Gasteiger partial charge in [-0.25, -0.2) is 9.78 Å². The highest BCUT2D eigenvalue weighted by Gasteiger charge is 2.28. The van der Waals surface area contributed by atoms with Gasteiger partial charge in [-0.1, -0.05) is 0 Å². The fourth-order valence-electron chi connectivity index (χ4n) is 2.59. The van der Waals surface area contributed by atoms with Gasteiger partial charge in [-0.3, -0.25) is 10.00 Å². The Hall–Kier alpha value is -2.71. The number of urea groups is 1. The molecule has 0 radical (unpaired) electrons. The van der Waals surface area contributed by atoms with E-state index in [0.29, 0.717) is 13.1 Å². The molecule has 0 aliphatic carbocycles. The van der Waals surface area contributed by atoms with E-state index in [4.69, 9.17) is 0 Å². The zero-order chi connectivity index (χ0) is 17.1. The second kappa shape index (κ2) is 6.81. The van der Waals surface area contributed by atoms with Gasteiger partial charge in [0.15, 0.2) is 0 Å². The van der Waals surface area contributed by atoms with Gasteiger partial charge in [0.1, 0.15) is 11.6 Å². The van der Waals surface area contributed by atoms with Gasteiger partial charge in [-0.05, 0) is 31.0 Å². The number of nitrogens with one attached hydrogen (secondary N) is 1. The number of hydrogen-bond acceptors (Lipinski definition) is 4. The molecule has 3 rings (SSSR count). The number of aryl methyl sites for hydroxylation is 1. The molecule has 0 aromatic carbocycles. The van der Waals surface area contributed by atoms with Crippen molar-refractivity contribution in [2.45, 2.75) is 26.0 Å². The summed E-state index contributed by atoms with van der Waals surface area (Å²) in [4.78, 5) is 17.8. The zero-order valence-electron chi connectivity index (χ0n) is 13.0. The molecule has 0 bridgehead atoms. The molecule has 9 heteroatoms. The van der Waals surface area contributed by atoms with Crippen LogP contribution in [-0.2, 0) is 0 Å². The van der Waals surface area contributed by atoms with E-state index in [9.17, 15) is 13.6 Å². The molecule has 1 aliphatic heterocycles. The standard InChI is InChI=1S/C15H17F2N5O2/c1-10-6-19-22(8-10)11-4-5-21(9-11)15(23)20-13-3-2-12(7-18-13)24-14(16)17/h2-3,6-8,11,14H,4-5,9H2,1H3,(H,18,20,23)/t11-/m0/s1. The average Bonchev–Trinajstić information content (AvgIpc) is 3.17. The number of aromatic nitrogens is 3. The van der Waals surface area contributed by atoms with Gasteiger partial charge >= 0.3 is 12.6 Å². The van der Waals surface area contributed by atoms with Crippen molar-refractivity contribution in [2.24, 2.45) is 0 Å². The number of anilines is 1. The molecule has 128 valence electrons. The Morgan fingerprint density at radius 3 is 2.88 bits per heavy atom. The second-order valence-electron chi connectivity index (χ2n) is 5.57. The quantitative estimate of drug-likeness (QED) is 0.931. The molecule has 7 nitrogen and oxygen atoms in total. The molecule has 0 saturated carbocycles. The van der Waals surface area contributed by atoms with Crippen molar-refractivity contribution in [3.05, 3.63) is 36.3 Å². The molecule has 1 aliphatic rings. The van der Waals surface area contributed by atoms with Crippen molar-refractivity contribution in [3.8, 4) is 5.75 Å². The number of nitrogens with zero attached hydrogens (tertiary/aromatic N) is 4. The van der Waals surface area contributed by atoms with Gasteiger partial charge in [0.25, 0.3) is 0 Å². The van der Waals surface area contributed by atoms with E-state index in [1.54, 1.807) is 11.1 Å². The molecule has 0 unspecified atom stereocenters. The predicted octanol–water partition coefficient (Wildman–Crippen LogP) is 2.67. The minimum absolute atomic E-state index is 0.0571. The number of halogens is 2. The van der Waals surface area contributed by atoms with Crippen LogP contribution in [0.1, 0.15) is 18.0 Å². The van der Waals surface area contributed by atoms with Gasteiger partial charge in [0.05, 0.1) is 18.4 Å². The molecular formula is C15H17F2N5O2. The normalized spacial score (nSPS) is 17.3. The summed E-state index contributed by atoms with van der Waals surface area (Å²) in [5.74, 6) is 0.221. The number of alkyl halides is 2. The lowest BCUT2D eigenvalue weighted by Crippen LogP contribution is -2.33. The first-order valence-electron chi connectivity index (χ1n) is 7.49. The third-order valence-electron chi connectivity index (χ3n) is 3.75. The summed E-state index contributed by atoms with van der Waals surface area (Å²) < 4.78 is 30.2. The van der Waals surface area contributed by atoms with Gasteiger partial charge in [-0.15, -0.1) is 0 Å². The van der Waals surface area contributed by atoms with Crippen LogP contribution in [0.2, 0.25) is 0 Å². The first-order valence-corrected chi connectivity index (χ1v) is 7.49. The number of pyridine rings is 1. The lowest BCUT2D eigenvalue weighted by molar-refractivity contribution is -0.0500. The molecule has 3 heterocycles. The number of carbonyl (C=O) groups is 1. The van der Waals surface area contributed by atoms with Crippen LogP contribution >= 0.6 is 0 Å². The summed E-state index contributed by atoms with van der Waals surface area (Å²) in [5, 5.41) is 6.92. The molecule has 1 atom stereocenters. The Morgan fingerprint density at radius 2 is 2.25 bits per heavy atom. The van der Waals surface area contributed by atoms with E-state index in [1.165, 1.54) is 12.1 Å². The largest absolute Gasteiger partial charge is 0.433 e. The van der Waals surface area contributed by atoms with Gasteiger partial charge in [0, 0.05) is 19.3 Å². The lowest BCUT2D eigenvalue weighted by atomic mass is 10.3. The van der Waals surface area contributed by atoms with E-state index < -0.39 is 6.61 Å². The zero-order valence-corrected chi connectivity index (χ0v) is 13.0. The Balaban J connectivity index is 1.55. The maximum absolute atomic E-state index is 12.3. The van der Waals surface area contributed by atoms with Crippen LogP contribution in [0, 0.1) is 6.92 Å². The minimum Gasteiger partial charge on any atom is -0.433 e. The van der Waals surface area contributed by atoms with Crippen molar-refractivity contribution >= 4 is 11.8 Å². The molecular weight excluding hydrogens is 320 g/mol. The Labute approximate surface area is 137 Å². The highest BCUT2D eigenvalue weighted by Crippen LogP contribution is 2.22. The monoisotopic (exact) mass is 337 g/mol. The summed E-state index contributed by atoms with van der Waals surface area (Å²) in [6, 6.07) is 2.62. The third-order valence-corrected chi connectivity index (χ3v) is 3.75. The maximum Gasteiger partial charge on any atom is 0.387 e. The average molecular weight is 337 g/mol. The lowest BCUT2D eigenvalue weighted by Gasteiger charge is -2.17. The number of likely N-dealkylation sites (tertiary alicyclic amines) is 1. The molecule has 1 saturated heterocycles. The first kappa shape index (κ1) is 16.2. The molecule has 24 heavy (non-hydrogen) atoms. The van der Waals surface area contributed by atoms with Crippen LogP contribution in [0.25, 0.3) is 0 Å². The van der Waals surface area contributed by atoms with Crippen LogP contribution in [0.15, 0.2) is 30.7 Å². The Morgan fingerprint density at radius 1 is 1.42 bits per heavy atom. The van der Waals surface area contributed by atoms with E-state index in [-0.39, 0.29) is 23.6 Å². The number of amides is 2. The molecule has 0 spiro atoms. The van der Waals surface area contributed by atoms with E-state index in [2.05, 4.69) is 20.1 Å². The Bertz CT molecular complexity index is 704. The molecule has 2 aromatic rings. The highest BCUT2D eigenvalue weighted by molar-refractivity contribution is 5.88. The smallest absolute Gasteiger partial charge is 0.387 e. The van der Waals surface area contributed by atoms with Crippen molar-refractivity contribution in [1.82, 2.24) is 19.7 Å². The first-order chi connectivity index (χ1) is 11.5. The number of hydrogen-bond donors (Lipinski definition) is 1. The predicted molar refractivity (Wildman–Crippen MR) is 82.1 cm³/mol. The highest BCUT2D eigenvalue weighted by atomic mass is 19.3. The third kappa shape index (κ3) is 3.79. The maximum atomic E-state index is 12.3. The van der Waals surface area contributed by atoms with Crippen molar-refractivity contribution in [2.75, 3.05) is 18.4 Å². The molecule has 2 aromatic heterocycles. The van der Waals surface area contributed by atoms with Crippen LogP contribution in [0.3, 0.4) is 0 Å². The van der Waals surface area contributed by atoms with Gasteiger partial charge in [0.2, 0.25) is 0 Å². The molecule has 2 amide bonds. The van der Waals surface area contributed by atoms with Crippen LogP contribution in [0.4, 0.5) is 19.4 Å². The van der Waals surface area contributed by atoms with Gasteiger partial charge in [-0.2, -0.15) is 13.9 Å². The summed E-state index contributed by atoms with van der Waals surface area (Å²) in [5.41, 5.74) is 1.08. The number of ether oxygens (including phenoxy) is 1. The van der Waals surface area contributed by atoms with E-state index in [0.717, 1.165) is 18.2 Å². The fraction of sp³-hybridized carbons (Fsp3) is 0.400. The molecule has 1 N–H and O–H groups in total. The topological polar surface area (TPSA) is 72.3 Å². The number of carbonyl (C=O) groups excluding carboxylic acids is 1. The van der Waals surface area contributed by atoms with Gasteiger partial charge < -0.3 is 9.64 Å². The summed E-state index contributed by atoms with van der Waals surface area (Å²) in [6.07, 6.45) is 5.70.